The van der Waals surface area contributed by atoms with Crippen LogP contribution in [-0.4, -0.2) is 9.13 Å². The second-order valence-electron chi connectivity index (χ2n) is 13.3. The van der Waals surface area contributed by atoms with Crippen molar-refractivity contribution in [3.63, 3.8) is 0 Å². The van der Waals surface area contributed by atoms with Gasteiger partial charge in [-0.25, -0.2) is 0 Å². The van der Waals surface area contributed by atoms with Crippen LogP contribution in [0.5, 0.6) is 5.75 Å². The van der Waals surface area contributed by atoms with Gasteiger partial charge in [-0.15, -0.1) is 0 Å². The molecule has 0 radical (unpaired) electrons. The summed E-state index contributed by atoms with van der Waals surface area (Å²) in [5.74, 6) is 0.955. The van der Waals surface area contributed by atoms with Crippen molar-refractivity contribution < 1.29 is 4.74 Å². The molecular formula is C44H31N3O. The first-order chi connectivity index (χ1) is 23.7. The molecule has 2 atom stereocenters. The number of allylic oxidation sites excluding steroid dienone is 4. The van der Waals surface area contributed by atoms with E-state index in [0.29, 0.717) is 5.56 Å². The Bertz CT molecular complexity index is 2580. The molecule has 0 spiro atoms. The van der Waals surface area contributed by atoms with Crippen molar-refractivity contribution >= 4 is 44.5 Å². The number of nitriles is 1. The van der Waals surface area contributed by atoms with Gasteiger partial charge in [-0.2, -0.15) is 5.26 Å². The lowest BCUT2D eigenvalue weighted by molar-refractivity contribution is 0.175. The fourth-order valence-corrected chi connectivity index (χ4v) is 8.49. The first-order valence-corrected chi connectivity index (χ1v) is 16.7. The van der Waals surface area contributed by atoms with Crippen LogP contribution in [0.4, 0.5) is 0 Å². The lowest BCUT2D eigenvalue weighted by Gasteiger charge is -2.32. The molecule has 4 heteroatoms. The Kier molecular flexibility index (Phi) is 5.63. The first kappa shape index (κ1) is 27.1. The summed E-state index contributed by atoms with van der Waals surface area (Å²) in [6.45, 7) is 2.30. The van der Waals surface area contributed by atoms with E-state index in [1.165, 1.54) is 33.3 Å². The van der Waals surface area contributed by atoms with E-state index in [2.05, 4.69) is 150 Å². The van der Waals surface area contributed by atoms with Crippen LogP contribution in [0.25, 0.3) is 61.3 Å². The molecule has 2 aromatic heterocycles. The Balaban J connectivity index is 1.25. The molecule has 2 unspecified atom stereocenters. The summed E-state index contributed by atoms with van der Waals surface area (Å²) in [6.07, 6.45) is 13.1. The summed E-state index contributed by atoms with van der Waals surface area (Å²) in [6, 6.07) is 40.9. The Morgan fingerprint density at radius 2 is 1.54 bits per heavy atom. The number of fused-ring (bicyclic) bond motifs is 10. The molecule has 0 saturated heterocycles. The van der Waals surface area contributed by atoms with Crippen LogP contribution in [-0.2, 0) is 5.41 Å². The van der Waals surface area contributed by atoms with Gasteiger partial charge >= 0.3 is 0 Å². The molecule has 0 fully saturated rings. The summed E-state index contributed by atoms with van der Waals surface area (Å²) < 4.78 is 11.6. The number of rotatable bonds is 3. The van der Waals surface area contributed by atoms with Gasteiger partial charge in [-0.3, -0.25) is 0 Å². The lowest BCUT2D eigenvalue weighted by atomic mass is 9.74. The molecule has 2 aliphatic carbocycles. The maximum atomic E-state index is 10.5. The largest absolute Gasteiger partial charge is 0.483 e. The minimum atomic E-state index is -0.277. The zero-order valence-corrected chi connectivity index (χ0v) is 26.5. The Labute approximate surface area is 278 Å². The predicted molar refractivity (Wildman–Crippen MR) is 195 cm³/mol. The van der Waals surface area contributed by atoms with Gasteiger partial charge in [0.25, 0.3) is 0 Å². The van der Waals surface area contributed by atoms with E-state index in [9.17, 15) is 5.26 Å². The van der Waals surface area contributed by atoms with E-state index >= 15 is 0 Å². The van der Waals surface area contributed by atoms with Crippen LogP contribution >= 0.6 is 0 Å². The fourth-order valence-electron chi connectivity index (χ4n) is 8.49. The van der Waals surface area contributed by atoms with Gasteiger partial charge < -0.3 is 13.9 Å². The van der Waals surface area contributed by atoms with E-state index < -0.39 is 0 Å². The highest BCUT2D eigenvalue weighted by molar-refractivity contribution is 6.10. The SMILES string of the molecule is CC12C=Cc3c(n(C4=CC=CCC4)c4ccc(-c5c(C#N)cccc5-n5c6ccccc6c6ccccc65)cc34)C1Oc1ccccc12. The predicted octanol–water partition coefficient (Wildman–Crippen LogP) is 10.9. The lowest BCUT2D eigenvalue weighted by Crippen LogP contribution is -2.30. The highest BCUT2D eigenvalue weighted by Crippen LogP contribution is 2.56. The number of nitrogens with zero attached hydrogens (tertiary/aromatic N) is 3. The molecule has 48 heavy (non-hydrogen) atoms. The van der Waals surface area contributed by atoms with Crippen molar-refractivity contribution in [3.05, 3.63) is 156 Å². The molecule has 0 N–H and O–H groups in total. The summed E-state index contributed by atoms with van der Waals surface area (Å²) >= 11 is 0. The number of hydrogen-bond acceptors (Lipinski definition) is 2. The molecule has 4 nitrogen and oxygen atoms in total. The number of ether oxygens (including phenoxy) is 1. The molecule has 1 aliphatic heterocycles. The maximum Gasteiger partial charge on any atom is 0.152 e. The molecule has 5 aromatic carbocycles. The Morgan fingerprint density at radius 3 is 2.31 bits per heavy atom. The summed E-state index contributed by atoms with van der Waals surface area (Å²) in [7, 11) is 0. The minimum Gasteiger partial charge on any atom is -0.483 e. The molecule has 0 bridgehead atoms. The highest BCUT2D eigenvalue weighted by atomic mass is 16.5. The smallest absolute Gasteiger partial charge is 0.152 e. The molecule has 3 aliphatic rings. The third kappa shape index (κ3) is 3.59. The zero-order chi connectivity index (χ0) is 32.0. The van der Waals surface area contributed by atoms with Crippen LogP contribution < -0.4 is 4.74 Å². The van der Waals surface area contributed by atoms with E-state index in [0.717, 1.165) is 57.3 Å². The van der Waals surface area contributed by atoms with Crippen molar-refractivity contribution in [3.8, 4) is 28.6 Å². The van der Waals surface area contributed by atoms with Crippen LogP contribution in [0.3, 0.4) is 0 Å². The topological polar surface area (TPSA) is 42.9 Å². The van der Waals surface area contributed by atoms with E-state index in [-0.39, 0.29) is 11.5 Å². The third-order valence-electron chi connectivity index (χ3n) is 10.7. The van der Waals surface area contributed by atoms with Crippen molar-refractivity contribution in [1.29, 1.82) is 5.26 Å². The van der Waals surface area contributed by atoms with Gasteiger partial charge in [-0.05, 0) is 73.9 Å². The van der Waals surface area contributed by atoms with Gasteiger partial charge in [0.15, 0.2) is 6.10 Å². The van der Waals surface area contributed by atoms with Crippen molar-refractivity contribution in [1.82, 2.24) is 9.13 Å². The highest BCUT2D eigenvalue weighted by Gasteiger charge is 2.49. The number of aromatic nitrogens is 2. The minimum absolute atomic E-state index is 0.155. The zero-order valence-electron chi connectivity index (χ0n) is 26.5. The monoisotopic (exact) mass is 617 g/mol. The number of hydrogen-bond donors (Lipinski definition) is 0. The van der Waals surface area contributed by atoms with Gasteiger partial charge in [-0.1, -0.05) is 91.0 Å². The van der Waals surface area contributed by atoms with Gasteiger partial charge in [0.1, 0.15) is 5.75 Å². The van der Waals surface area contributed by atoms with E-state index in [1.807, 2.05) is 12.1 Å². The summed E-state index contributed by atoms with van der Waals surface area (Å²) in [4.78, 5) is 0. The first-order valence-electron chi connectivity index (χ1n) is 16.7. The molecule has 0 amide bonds. The summed E-state index contributed by atoms with van der Waals surface area (Å²) in [5.41, 5.74) is 11.6. The summed E-state index contributed by atoms with van der Waals surface area (Å²) in [5, 5.41) is 14.1. The van der Waals surface area contributed by atoms with Gasteiger partial charge in [0, 0.05) is 38.5 Å². The average Bonchev–Trinajstić information content (AvgIpc) is 3.76. The molecule has 10 rings (SSSR count). The van der Waals surface area contributed by atoms with Crippen molar-refractivity contribution in [2.24, 2.45) is 0 Å². The molecular weight excluding hydrogens is 587 g/mol. The second-order valence-corrected chi connectivity index (χ2v) is 13.3. The van der Waals surface area contributed by atoms with Crippen LogP contribution in [0.2, 0.25) is 0 Å². The number of benzene rings is 5. The maximum absolute atomic E-state index is 10.5. The van der Waals surface area contributed by atoms with Crippen molar-refractivity contribution in [2.75, 3.05) is 0 Å². The van der Waals surface area contributed by atoms with E-state index in [4.69, 9.17) is 4.74 Å². The normalized spacial score (nSPS) is 19.2. The van der Waals surface area contributed by atoms with Crippen LogP contribution in [0, 0.1) is 11.3 Å². The van der Waals surface area contributed by atoms with Gasteiger partial charge in [0.2, 0.25) is 0 Å². The Hall–Kier alpha value is -6.05. The molecule has 0 saturated carbocycles. The van der Waals surface area contributed by atoms with Crippen LogP contribution in [0.15, 0.2) is 133 Å². The molecule has 7 aromatic rings. The fraction of sp³-hybridized carbons (Fsp3) is 0.114. The average molecular weight is 618 g/mol. The second kappa shape index (κ2) is 9.97. The standard InChI is InChI=1S/C44H31N3O/c1-44-25-24-33-34-26-28(22-23-38(34)46(30-13-3-2-4-14-30)42(33)43(44)48-40-21-10-7-17-35(40)44)41-29(27-45)12-11-20-39(41)47-36-18-8-5-15-31(36)32-16-6-9-19-37(32)47/h2-3,5-13,15-26,43H,4,14H2,1H3. The third-order valence-corrected chi connectivity index (χ3v) is 10.7. The quantitative estimate of drug-likeness (QED) is 0.198. The van der Waals surface area contributed by atoms with Crippen LogP contribution in [0.1, 0.15) is 48.3 Å². The van der Waals surface area contributed by atoms with E-state index in [1.54, 1.807) is 0 Å². The molecule has 228 valence electrons. The molecule has 3 heterocycles. The van der Waals surface area contributed by atoms with Gasteiger partial charge in [0.05, 0.1) is 45.0 Å². The van der Waals surface area contributed by atoms with Crippen molar-refractivity contribution in [2.45, 2.75) is 31.3 Å². The Morgan fingerprint density at radius 1 is 0.792 bits per heavy atom. The number of para-hydroxylation sites is 3.